The molecule has 7 heteroatoms. The van der Waals surface area contributed by atoms with E-state index in [9.17, 15) is 4.79 Å². The number of likely N-dealkylation sites (tertiary alicyclic amines) is 1. The van der Waals surface area contributed by atoms with E-state index in [1.54, 1.807) is 6.20 Å². The van der Waals surface area contributed by atoms with E-state index in [2.05, 4.69) is 28.5 Å². The number of rotatable bonds is 4. The summed E-state index contributed by atoms with van der Waals surface area (Å²) in [5.74, 6) is 1.20. The van der Waals surface area contributed by atoms with Crippen molar-refractivity contribution in [2.75, 3.05) is 18.4 Å². The van der Waals surface area contributed by atoms with E-state index in [1.807, 2.05) is 33.7 Å². The first-order valence-electron chi connectivity index (χ1n) is 9.20. The first-order chi connectivity index (χ1) is 12.1. The quantitative estimate of drug-likeness (QED) is 0.929. The lowest BCUT2D eigenvalue weighted by molar-refractivity contribution is 0.194. The van der Waals surface area contributed by atoms with Crippen LogP contribution in [0.2, 0.25) is 0 Å². The largest absolute Gasteiger partial charge is 0.324 e. The Kier molecular flexibility index (Phi) is 4.23. The molecular weight excluding hydrogens is 316 g/mol. The molecule has 1 aliphatic heterocycles. The lowest BCUT2D eigenvalue weighted by Gasteiger charge is -2.31. The summed E-state index contributed by atoms with van der Waals surface area (Å²) in [7, 11) is 1.94. The summed E-state index contributed by atoms with van der Waals surface area (Å²) in [6, 6.07) is 2.47. The van der Waals surface area contributed by atoms with E-state index in [4.69, 9.17) is 0 Å². The van der Waals surface area contributed by atoms with Crippen LogP contribution >= 0.6 is 0 Å². The standard InChI is InChI=1S/C18H26N6O/c1-13(14-3-4-14)24-12-16(11-19-24)20-18(25)23-9-5-15(6-10-23)17-7-8-22(2)21-17/h7-8,11-15H,3-6,9-10H2,1-2H3,(H,20,25)/t13-/m0/s1. The molecule has 0 bridgehead atoms. The number of nitrogens with one attached hydrogen (secondary N) is 1. The van der Waals surface area contributed by atoms with Crippen molar-refractivity contribution in [3.05, 3.63) is 30.4 Å². The third-order valence-electron chi connectivity index (χ3n) is 5.51. The van der Waals surface area contributed by atoms with Gasteiger partial charge in [0.2, 0.25) is 0 Å². The molecule has 2 fully saturated rings. The number of amides is 2. The van der Waals surface area contributed by atoms with Crippen molar-refractivity contribution in [1.82, 2.24) is 24.5 Å². The molecule has 0 spiro atoms. The summed E-state index contributed by atoms with van der Waals surface area (Å²) in [5, 5.41) is 11.9. The van der Waals surface area contributed by atoms with Gasteiger partial charge in [0.05, 0.1) is 23.6 Å². The van der Waals surface area contributed by atoms with Crippen LogP contribution in [-0.2, 0) is 7.05 Å². The van der Waals surface area contributed by atoms with Gasteiger partial charge in [0.25, 0.3) is 0 Å². The monoisotopic (exact) mass is 342 g/mol. The van der Waals surface area contributed by atoms with Crippen molar-refractivity contribution in [3.63, 3.8) is 0 Å². The number of carbonyl (C=O) groups is 1. The smallest absolute Gasteiger partial charge is 0.321 e. The van der Waals surface area contributed by atoms with Crippen LogP contribution < -0.4 is 5.32 Å². The molecule has 2 amide bonds. The van der Waals surface area contributed by atoms with Crippen molar-refractivity contribution >= 4 is 11.7 Å². The second-order valence-corrected chi connectivity index (χ2v) is 7.39. The zero-order chi connectivity index (χ0) is 17.4. The van der Waals surface area contributed by atoms with Crippen LogP contribution in [-0.4, -0.2) is 43.6 Å². The summed E-state index contributed by atoms with van der Waals surface area (Å²) < 4.78 is 3.81. The van der Waals surface area contributed by atoms with Crippen LogP contribution in [0.4, 0.5) is 10.5 Å². The number of nitrogens with zero attached hydrogens (tertiary/aromatic N) is 5. The third kappa shape index (κ3) is 3.55. The van der Waals surface area contributed by atoms with Crippen LogP contribution in [0.3, 0.4) is 0 Å². The van der Waals surface area contributed by atoms with E-state index in [-0.39, 0.29) is 6.03 Å². The Bertz CT molecular complexity index is 738. The SMILES string of the molecule is C[C@@H](C1CC1)n1cc(NC(=O)N2CCC(c3ccn(C)n3)CC2)cn1. The number of aromatic nitrogens is 4. The minimum Gasteiger partial charge on any atom is -0.324 e. The summed E-state index contributed by atoms with van der Waals surface area (Å²) in [5.41, 5.74) is 1.92. The molecule has 25 heavy (non-hydrogen) atoms. The van der Waals surface area contributed by atoms with E-state index in [0.717, 1.165) is 43.2 Å². The number of piperidine rings is 1. The molecule has 1 atom stereocenters. The number of anilines is 1. The highest BCUT2D eigenvalue weighted by molar-refractivity contribution is 5.89. The van der Waals surface area contributed by atoms with Crippen LogP contribution in [0, 0.1) is 5.92 Å². The maximum atomic E-state index is 12.5. The van der Waals surface area contributed by atoms with Gasteiger partial charge in [0.1, 0.15) is 0 Å². The highest BCUT2D eigenvalue weighted by Gasteiger charge is 2.30. The number of aryl methyl sites for hydroxylation is 1. The fourth-order valence-corrected chi connectivity index (χ4v) is 3.65. The van der Waals surface area contributed by atoms with E-state index < -0.39 is 0 Å². The Morgan fingerprint density at radius 1 is 1.28 bits per heavy atom. The van der Waals surface area contributed by atoms with Crippen LogP contribution in [0.5, 0.6) is 0 Å². The molecule has 3 heterocycles. The van der Waals surface area contributed by atoms with E-state index in [0.29, 0.717) is 12.0 Å². The maximum absolute atomic E-state index is 12.5. The Hall–Kier alpha value is -2.31. The van der Waals surface area contributed by atoms with Crippen molar-refractivity contribution in [3.8, 4) is 0 Å². The van der Waals surface area contributed by atoms with Gasteiger partial charge in [-0.1, -0.05) is 0 Å². The molecule has 1 N–H and O–H groups in total. The number of carbonyl (C=O) groups excluding carboxylic acids is 1. The highest BCUT2D eigenvalue weighted by Crippen LogP contribution is 2.39. The molecular formula is C18H26N6O. The van der Waals surface area contributed by atoms with Crippen LogP contribution in [0.25, 0.3) is 0 Å². The van der Waals surface area contributed by atoms with E-state index >= 15 is 0 Å². The van der Waals surface area contributed by atoms with Crippen LogP contribution in [0.1, 0.15) is 50.3 Å². The number of hydrogen-bond acceptors (Lipinski definition) is 3. The molecule has 1 aliphatic carbocycles. The van der Waals surface area contributed by atoms with Crippen molar-refractivity contribution in [2.24, 2.45) is 13.0 Å². The van der Waals surface area contributed by atoms with Gasteiger partial charge in [-0.2, -0.15) is 10.2 Å². The number of urea groups is 1. The van der Waals surface area contributed by atoms with Crippen LogP contribution in [0.15, 0.2) is 24.7 Å². The zero-order valence-corrected chi connectivity index (χ0v) is 14.9. The fourth-order valence-electron chi connectivity index (χ4n) is 3.65. The van der Waals surface area contributed by atoms with Gasteiger partial charge in [-0.15, -0.1) is 0 Å². The van der Waals surface area contributed by atoms with Gasteiger partial charge >= 0.3 is 6.03 Å². The molecule has 0 unspecified atom stereocenters. The normalized spacial score (nSPS) is 19.8. The minimum atomic E-state index is -0.0295. The van der Waals surface area contributed by atoms with Gasteiger partial charge < -0.3 is 10.2 Å². The lowest BCUT2D eigenvalue weighted by Crippen LogP contribution is -2.40. The van der Waals surface area contributed by atoms with Gasteiger partial charge in [-0.05, 0) is 44.6 Å². The summed E-state index contributed by atoms with van der Waals surface area (Å²) in [6.07, 6.45) is 10.2. The predicted molar refractivity (Wildman–Crippen MR) is 95.4 cm³/mol. The molecule has 1 saturated heterocycles. The van der Waals surface area contributed by atoms with Gasteiger partial charge in [0.15, 0.2) is 0 Å². The Morgan fingerprint density at radius 2 is 2.04 bits per heavy atom. The van der Waals surface area contributed by atoms with Gasteiger partial charge in [0, 0.05) is 38.4 Å². The topological polar surface area (TPSA) is 68.0 Å². The van der Waals surface area contributed by atoms with Crippen molar-refractivity contribution in [2.45, 2.75) is 44.6 Å². The number of hydrogen-bond donors (Lipinski definition) is 1. The second kappa shape index (κ2) is 6.54. The molecule has 1 saturated carbocycles. The highest BCUT2D eigenvalue weighted by atomic mass is 16.2. The maximum Gasteiger partial charge on any atom is 0.321 e. The first kappa shape index (κ1) is 16.2. The van der Waals surface area contributed by atoms with E-state index in [1.165, 1.54) is 12.8 Å². The Balaban J connectivity index is 1.30. The molecule has 0 radical (unpaired) electrons. The molecule has 134 valence electrons. The average Bonchev–Trinajstić information content (AvgIpc) is 3.22. The third-order valence-corrected chi connectivity index (χ3v) is 5.51. The summed E-state index contributed by atoms with van der Waals surface area (Å²) in [6.45, 7) is 3.72. The van der Waals surface area contributed by atoms with Crippen molar-refractivity contribution in [1.29, 1.82) is 0 Å². The second-order valence-electron chi connectivity index (χ2n) is 7.39. The predicted octanol–water partition coefficient (Wildman–Crippen LogP) is 3.00. The summed E-state index contributed by atoms with van der Waals surface area (Å²) >= 11 is 0. The molecule has 2 aliphatic rings. The van der Waals surface area contributed by atoms with Crippen molar-refractivity contribution < 1.29 is 4.79 Å². The molecule has 2 aromatic rings. The average molecular weight is 342 g/mol. The minimum absolute atomic E-state index is 0.0295. The molecule has 4 rings (SSSR count). The fraction of sp³-hybridized carbons (Fsp3) is 0.611. The Morgan fingerprint density at radius 3 is 2.68 bits per heavy atom. The molecule has 2 aromatic heterocycles. The Labute approximate surface area is 148 Å². The van der Waals surface area contributed by atoms with Gasteiger partial charge in [-0.25, -0.2) is 4.79 Å². The molecule has 7 nitrogen and oxygen atoms in total. The van der Waals surface area contributed by atoms with Gasteiger partial charge in [-0.3, -0.25) is 9.36 Å². The summed E-state index contributed by atoms with van der Waals surface area (Å²) in [4.78, 5) is 14.4. The lowest BCUT2D eigenvalue weighted by atomic mass is 9.94. The molecule has 0 aromatic carbocycles. The zero-order valence-electron chi connectivity index (χ0n) is 14.9. The first-order valence-corrected chi connectivity index (χ1v) is 9.20.